The molecule has 168 valence electrons. The number of nitrogens with one attached hydrogen (secondary N) is 1. The van der Waals surface area contributed by atoms with E-state index < -0.39 is 0 Å². The van der Waals surface area contributed by atoms with Gasteiger partial charge in [-0.1, -0.05) is 72.3 Å². The van der Waals surface area contributed by atoms with Crippen LogP contribution in [-0.2, 0) is 6.61 Å². The van der Waals surface area contributed by atoms with Gasteiger partial charge in [-0.2, -0.15) is 5.10 Å². The number of hydrogen-bond donors (Lipinski definition) is 2. The third kappa shape index (κ3) is 4.75. The Morgan fingerprint density at radius 1 is 0.794 bits per heavy atom. The van der Waals surface area contributed by atoms with E-state index in [9.17, 15) is 5.11 Å². The Hall–Kier alpha value is -4.22. The molecule has 0 aliphatic rings. The fraction of sp³-hybridized carbons (Fsp3) is 0.0357. The summed E-state index contributed by atoms with van der Waals surface area (Å²) >= 11 is 6.18. The molecule has 0 unspecified atom stereocenters. The number of aromatic nitrogens is 2. The predicted molar refractivity (Wildman–Crippen MR) is 133 cm³/mol. The van der Waals surface area contributed by atoms with E-state index in [4.69, 9.17) is 21.1 Å². The van der Waals surface area contributed by atoms with E-state index in [0.717, 1.165) is 16.7 Å². The first-order chi connectivity index (χ1) is 16.7. The molecule has 0 fully saturated rings. The summed E-state index contributed by atoms with van der Waals surface area (Å²) in [6.07, 6.45) is 1.59. The van der Waals surface area contributed by atoms with Crippen molar-refractivity contribution in [3.05, 3.63) is 114 Å². The van der Waals surface area contributed by atoms with Crippen LogP contribution in [-0.4, -0.2) is 15.3 Å². The molecule has 0 aliphatic heterocycles. The molecule has 0 atom stereocenters. The van der Waals surface area contributed by atoms with Crippen molar-refractivity contribution in [2.45, 2.75) is 6.61 Å². The first-order valence-electron chi connectivity index (χ1n) is 10.7. The summed E-state index contributed by atoms with van der Waals surface area (Å²) in [5.74, 6) is 1.75. The first kappa shape index (κ1) is 21.6. The average molecular weight is 469 g/mol. The Kier molecular flexibility index (Phi) is 6.19. The number of benzene rings is 4. The van der Waals surface area contributed by atoms with Gasteiger partial charge in [0.2, 0.25) is 0 Å². The SMILES string of the molecule is Oc1cc(OCc2ccccc2Cl)ccc1-c1[nH]ncc1Oc1ccc(-c2ccccc2)cc1. The molecule has 5 rings (SSSR count). The Morgan fingerprint density at radius 2 is 1.50 bits per heavy atom. The molecule has 4 aromatic carbocycles. The van der Waals surface area contributed by atoms with Gasteiger partial charge in [0.25, 0.3) is 0 Å². The summed E-state index contributed by atoms with van der Waals surface area (Å²) in [5.41, 5.74) is 4.24. The zero-order valence-corrected chi connectivity index (χ0v) is 18.9. The molecule has 1 heterocycles. The van der Waals surface area contributed by atoms with Crippen LogP contribution in [0.5, 0.6) is 23.0 Å². The van der Waals surface area contributed by atoms with Crippen molar-refractivity contribution in [1.29, 1.82) is 0 Å². The number of hydrogen-bond acceptors (Lipinski definition) is 4. The molecule has 1 aromatic heterocycles. The molecule has 5 nitrogen and oxygen atoms in total. The molecular weight excluding hydrogens is 448 g/mol. The molecule has 6 heteroatoms. The molecule has 0 saturated heterocycles. The minimum absolute atomic E-state index is 0.0465. The van der Waals surface area contributed by atoms with E-state index in [-0.39, 0.29) is 5.75 Å². The van der Waals surface area contributed by atoms with Crippen molar-refractivity contribution in [3.63, 3.8) is 0 Å². The number of phenolic OH excluding ortho intramolecular Hbond substituents is 1. The van der Waals surface area contributed by atoms with Gasteiger partial charge in [-0.25, -0.2) is 0 Å². The fourth-order valence-corrected chi connectivity index (χ4v) is 3.80. The van der Waals surface area contributed by atoms with E-state index in [1.165, 1.54) is 0 Å². The summed E-state index contributed by atoms with van der Waals surface area (Å²) in [6.45, 7) is 0.301. The van der Waals surface area contributed by atoms with Crippen molar-refractivity contribution in [2.24, 2.45) is 0 Å². The van der Waals surface area contributed by atoms with Gasteiger partial charge in [0, 0.05) is 22.2 Å². The largest absolute Gasteiger partial charge is 0.507 e. The minimum Gasteiger partial charge on any atom is -0.507 e. The second-order valence-corrected chi connectivity index (χ2v) is 8.07. The summed E-state index contributed by atoms with van der Waals surface area (Å²) in [6, 6.07) is 30.6. The highest BCUT2D eigenvalue weighted by Gasteiger charge is 2.15. The average Bonchev–Trinajstić information content (AvgIpc) is 3.32. The molecule has 2 N–H and O–H groups in total. The summed E-state index contributed by atoms with van der Waals surface area (Å²) < 4.78 is 11.8. The number of rotatable bonds is 7. The molecule has 0 radical (unpaired) electrons. The molecule has 0 spiro atoms. The summed E-state index contributed by atoms with van der Waals surface area (Å²) in [4.78, 5) is 0. The zero-order valence-electron chi connectivity index (χ0n) is 18.1. The number of nitrogens with zero attached hydrogens (tertiary/aromatic N) is 1. The van der Waals surface area contributed by atoms with E-state index in [1.54, 1.807) is 24.4 Å². The molecule has 0 saturated carbocycles. The highest BCUT2D eigenvalue weighted by Crippen LogP contribution is 2.38. The number of H-pyrrole nitrogens is 1. The second-order valence-electron chi connectivity index (χ2n) is 7.66. The Balaban J connectivity index is 1.31. The van der Waals surface area contributed by atoms with Crippen molar-refractivity contribution in [2.75, 3.05) is 0 Å². The third-order valence-electron chi connectivity index (χ3n) is 5.38. The monoisotopic (exact) mass is 468 g/mol. The van der Waals surface area contributed by atoms with Gasteiger partial charge < -0.3 is 14.6 Å². The van der Waals surface area contributed by atoms with Crippen LogP contribution in [0, 0.1) is 0 Å². The lowest BCUT2D eigenvalue weighted by atomic mass is 10.1. The van der Waals surface area contributed by atoms with Crippen molar-refractivity contribution >= 4 is 11.6 Å². The number of halogens is 1. The van der Waals surface area contributed by atoms with E-state index in [2.05, 4.69) is 22.3 Å². The topological polar surface area (TPSA) is 67.4 Å². The first-order valence-corrected chi connectivity index (χ1v) is 11.1. The van der Waals surface area contributed by atoms with Crippen LogP contribution < -0.4 is 9.47 Å². The van der Waals surface area contributed by atoms with Gasteiger partial charge in [0.15, 0.2) is 5.75 Å². The zero-order chi connectivity index (χ0) is 23.3. The fourth-order valence-electron chi connectivity index (χ4n) is 3.61. The summed E-state index contributed by atoms with van der Waals surface area (Å²) in [7, 11) is 0. The maximum atomic E-state index is 10.7. The van der Waals surface area contributed by atoms with Gasteiger partial charge in [-0.05, 0) is 41.5 Å². The maximum Gasteiger partial charge on any atom is 0.173 e. The Labute approximate surface area is 202 Å². The van der Waals surface area contributed by atoms with Crippen LogP contribution in [0.2, 0.25) is 5.02 Å². The van der Waals surface area contributed by atoms with Crippen LogP contribution >= 0.6 is 11.6 Å². The molecule has 34 heavy (non-hydrogen) atoms. The van der Waals surface area contributed by atoms with Gasteiger partial charge in [-0.15, -0.1) is 0 Å². The highest BCUT2D eigenvalue weighted by atomic mass is 35.5. The third-order valence-corrected chi connectivity index (χ3v) is 5.75. The van der Waals surface area contributed by atoms with E-state index >= 15 is 0 Å². The van der Waals surface area contributed by atoms with Gasteiger partial charge >= 0.3 is 0 Å². The number of phenols is 1. The summed E-state index contributed by atoms with van der Waals surface area (Å²) in [5, 5.41) is 18.3. The van der Waals surface area contributed by atoms with Crippen LogP contribution in [0.4, 0.5) is 0 Å². The van der Waals surface area contributed by atoms with Crippen molar-refractivity contribution < 1.29 is 14.6 Å². The van der Waals surface area contributed by atoms with Crippen molar-refractivity contribution in [1.82, 2.24) is 10.2 Å². The maximum absolute atomic E-state index is 10.7. The van der Waals surface area contributed by atoms with Gasteiger partial charge in [0.05, 0.1) is 6.20 Å². The lowest BCUT2D eigenvalue weighted by molar-refractivity contribution is 0.304. The predicted octanol–water partition coefficient (Wildman–Crippen LogP) is 7.47. The van der Waals surface area contributed by atoms with Gasteiger partial charge in [0.1, 0.15) is 29.5 Å². The lowest BCUT2D eigenvalue weighted by Gasteiger charge is -2.11. The standard InChI is InChI=1S/C28H21ClN2O3/c29-25-9-5-4-8-21(25)18-33-23-14-15-24(26(32)16-23)28-27(17-30-31-28)34-22-12-10-20(11-13-22)19-6-2-1-3-7-19/h1-17,32H,18H2,(H,30,31). The quantitative estimate of drug-likeness (QED) is 0.260. The number of aromatic amines is 1. The smallest absolute Gasteiger partial charge is 0.173 e. The molecule has 0 aliphatic carbocycles. The number of ether oxygens (including phenoxy) is 2. The van der Waals surface area contributed by atoms with E-state index in [0.29, 0.717) is 40.1 Å². The molecule has 0 bridgehead atoms. The molecule has 0 amide bonds. The van der Waals surface area contributed by atoms with Crippen molar-refractivity contribution in [3.8, 4) is 45.4 Å². The van der Waals surface area contributed by atoms with Crippen LogP contribution in [0.15, 0.2) is 103 Å². The Bertz CT molecular complexity index is 1400. The minimum atomic E-state index is 0.0465. The lowest BCUT2D eigenvalue weighted by Crippen LogP contribution is -1.96. The van der Waals surface area contributed by atoms with Crippen LogP contribution in [0.3, 0.4) is 0 Å². The molecule has 5 aromatic rings. The highest BCUT2D eigenvalue weighted by molar-refractivity contribution is 6.31. The normalized spacial score (nSPS) is 10.7. The molecular formula is C28H21ClN2O3. The Morgan fingerprint density at radius 3 is 2.26 bits per heavy atom. The van der Waals surface area contributed by atoms with Crippen LogP contribution in [0.25, 0.3) is 22.4 Å². The van der Waals surface area contributed by atoms with E-state index in [1.807, 2.05) is 66.7 Å². The van der Waals surface area contributed by atoms with Crippen LogP contribution in [0.1, 0.15) is 5.56 Å². The van der Waals surface area contributed by atoms with Gasteiger partial charge in [-0.3, -0.25) is 5.10 Å². The second kappa shape index (κ2) is 9.73. The number of aromatic hydroxyl groups is 1.